The summed E-state index contributed by atoms with van der Waals surface area (Å²) in [4.78, 5) is 0.118. The van der Waals surface area contributed by atoms with Crippen molar-refractivity contribution in [3.05, 3.63) is 89.5 Å². The molecule has 4 rings (SSSR count). The lowest BCUT2D eigenvalue weighted by atomic mass is 10.1. The molecular weight excluding hydrogens is 477 g/mol. The van der Waals surface area contributed by atoms with Crippen LogP contribution in [0.15, 0.2) is 83.8 Å². The minimum Gasteiger partial charge on any atom is -0.457 e. The number of anilines is 1. The van der Waals surface area contributed by atoms with Crippen LogP contribution in [0.25, 0.3) is 5.70 Å². The maximum atomic E-state index is 13.4. The van der Waals surface area contributed by atoms with Gasteiger partial charge >= 0.3 is 6.18 Å². The summed E-state index contributed by atoms with van der Waals surface area (Å²) in [5.41, 5.74) is 3.63. The highest BCUT2D eigenvalue weighted by molar-refractivity contribution is 7.90. The maximum absolute atomic E-state index is 13.4. The molecule has 0 radical (unpaired) electrons. The fraction of sp³-hybridized carbons (Fsp3) is 0.130. The van der Waals surface area contributed by atoms with Gasteiger partial charge in [-0.2, -0.15) is 13.2 Å². The van der Waals surface area contributed by atoms with E-state index in [1.807, 2.05) is 0 Å². The number of nitrogens with zero attached hydrogens (tertiary/aromatic N) is 1. The quantitative estimate of drug-likeness (QED) is 0.483. The van der Waals surface area contributed by atoms with E-state index in [0.717, 1.165) is 12.3 Å². The zero-order valence-electron chi connectivity index (χ0n) is 17.2. The molecule has 33 heavy (non-hydrogen) atoms. The molecule has 0 spiro atoms. The van der Waals surface area contributed by atoms with Crippen molar-refractivity contribution in [3.63, 3.8) is 0 Å². The van der Waals surface area contributed by atoms with Gasteiger partial charge in [-0.05, 0) is 66.2 Å². The van der Waals surface area contributed by atoms with Gasteiger partial charge in [0, 0.05) is 6.26 Å². The summed E-state index contributed by atoms with van der Waals surface area (Å²) in [5.74, 6) is 0.717. The van der Waals surface area contributed by atoms with E-state index < -0.39 is 22.1 Å². The molecule has 10 heteroatoms. The highest BCUT2D eigenvalue weighted by Gasteiger charge is 2.44. The molecule has 0 aromatic heterocycles. The molecule has 0 saturated heterocycles. The van der Waals surface area contributed by atoms with Crippen molar-refractivity contribution in [3.8, 4) is 11.5 Å². The predicted molar refractivity (Wildman–Crippen MR) is 121 cm³/mol. The number of alkyl halides is 3. The summed E-state index contributed by atoms with van der Waals surface area (Å²) in [6, 6.07) is 17.2. The lowest BCUT2D eigenvalue weighted by molar-refractivity contribution is -0.142. The number of halogens is 4. The molecule has 1 atom stereocenters. The standard InChI is InChI=1S/C23H18ClF3N2O3S/c1-33(30,31)18-6-4-5-17(13-18)32-16-11-9-15(10-12-16)21-14-22(23(25,26)27)28-29(21)20-8-3-2-7-19(20)24/h2-14,22,28H,1H3. The molecule has 0 saturated carbocycles. The topological polar surface area (TPSA) is 58.6 Å². The number of hydrazine groups is 1. The number of nitrogens with one attached hydrogen (secondary N) is 1. The van der Waals surface area contributed by atoms with Crippen LogP contribution in [0.5, 0.6) is 11.5 Å². The molecule has 0 amide bonds. The van der Waals surface area contributed by atoms with Gasteiger partial charge in [0.25, 0.3) is 0 Å². The normalized spacial score (nSPS) is 16.6. The lowest BCUT2D eigenvalue weighted by Gasteiger charge is -2.26. The molecular formula is C23H18ClF3N2O3S. The van der Waals surface area contributed by atoms with Crippen LogP contribution in [0, 0.1) is 0 Å². The Labute approximate surface area is 193 Å². The fourth-order valence-corrected chi connectivity index (χ4v) is 4.18. The second-order valence-electron chi connectivity index (χ2n) is 7.36. The Hall–Kier alpha value is -3.01. The first-order valence-corrected chi connectivity index (χ1v) is 12.0. The summed E-state index contributed by atoms with van der Waals surface area (Å²) >= 11 is 6.23. The van der Waals surface area contributed by atoms with Crippen molar-refractivity contribution >= 4 is 32.8 Å². The number of hydrogen-bond acceptors (Lipinski definition) is 5. The Bertz CT molecular complexity index is 1310. The van der Waals surface area contributed by atoms with E-state index in [1.54, 1.807) is 60.7 Å². The van der Waals surface area contributed by atoms with Crippen molar-refractivity contribution in [2.75, 3.05) is 11.3 Å². The van der Waals surface area contributed by atoms with Crippen LogP contribution in [-0.4, -0.2) is 26.9 Å². The number of benzene rings is 3. The molecule has 5 nitrogen and oxygen atoms in total. The number of hydrogen-bond donors (Lipinski definition) is 1. The molecule has 1 aliphatic heterocycles. The molecule has 1 aliphatic rings. The lowest BCUT2D eigenvalue weighted by Crippen LogP contribution is -2.44. The molecule has 3 aromatic rings. The van der Waals surface area contributed by atoms with Gasteiger partial charge in [-0.1, -0.05) is 29.8 Å². The highest BCUT2D eigenvalue weighted by Crippen LogP contribution is 2.38. The number of rotatable bonds is 5. The van der Waals surface area contributed by atoms with E-state index in [0.29, 0.717) is 27.8 Å². The molecule has 0 fully saturated rings. The first kappa shape index (κ1) is 23.2. The second kappa shape index (κ2) is 8.74. The zero-order chi connectivity index (χ0) is 23.8. The largest absolute Gasteiger partial charge is 0.457 e. The van der Waals surface area contributed by atoms with Crippen molar-refractivity contribution in [2.45, 2.75) is 17.1 Å². The number of ether oxygens (including phenoxy) is 1. The predicted octanol–water partition coefficient (Wildman–Crippen LogP) is 5.83. The maximum Gasteiger partial charge on any atom is 0.409 e. The third-order valence-electron chi connectivity index (χ3n) is 4.90. The van der Waals surface area contributed by atoms with Crippen LogP contribution in [-0.2, 0) is 9.84 Å². The van der Waals surface area contributed by atoms with Crippen LogP contribution in [0.4, 0.5) is 18.9 Å². The molecule has 1 N–H and O–H groups in total. The van der Waals surface area contributed by atoms with Crippen LogP contribution in [0.1, 0.15) is 5.56 Å². The zero-order valence-corrected chi connectivity index (χ0v) is 18.7. The first-order valence-electron chi connectivity index (χ1n) is 9.70. The van der Waals surface area contributed by atoms with E-state index >= 15 is 0 Å². The third-order valence-corrected chi connectivity index (χ3v) is 6.33. The van der Waals surface area contributed by atoms with Crippen LogP contribution >= 0.6 is 11.6 Å². The third kappa shape index (κ3) is 5.16. The van der Waals surface area contributed by atoms with Crippen molar-refractivity contribution < 1.29 is 26.3 Å². The summed E-state index contributed by atoms with van der Waals surface area (Å²) in [6.45, 7) is 0. The van der Waals surface area contributed by atoms with Crippen molar-refractivity contribution in [2.24, 2.45) is 0 Å². The van der Waals surface area contributed by atoms with Crippen molar-refractivity contribution in [1.29, 1.82) is 0 Å². The average molecular weight is 495 g/mol. The Morgan fingerprint density at radius 3 is 2.30 bits per heavy atom. The van der Waals surface area contributed by atoms with Gasteiger partial charge in [-0.3, -0.25) is 5.01 Å². The number of sulfone groups is 1. The van der Waals surface area contributed by atoms with Gasteiger partial charge in [0.05, 0.1) is 21.3 Å². The Morgan fingerprint density at radius 1 is 0.970 bits per heavy atom. The van der Waals surface area contributed by atoms with Gasteiger partial charge in [-0.25, -0.2) is 13.8 Å². The first-order chi connectivity index (χ1) is 15.5. The Morgan fingerprint density at radius 2 is 1.67 bits per heavy atom. The summed E-state index contributed by atoms with van der Waals surface area (Å²) in [5, 5.41) is 1.61. The van der Waals surface area contributed by atoms with E-state index in [-0.39, 0.29) is 10.6 Å². The Balaban J connectivity index is 1.63. The molecule has 3 aromatic carbocycles. The van der Waals surface area contributed by atoms with Crippen molar-refractivity contribution in [1.82, 2.24) is 5.43 Å². The van der Waals surface area contributed by atoms with Crippen LogP contribution in [0.2, 0.25) is 5.02 Å². The molecule has 172 valence electrons. The summed E-state index contributed by atoms with van der Waals surface area (Å²) in [7, 11) is -3.39. The molecule has 1 heterocycles. The highest BCUT2D eigenvalue weighted by atomic mass is 35.5. The minimum absolute atomic E-state index is 0.118. The minimum atomic E-state index is -4.49. The average Bonchev–Trinajstić information content (AvgIpc) is 3.20. The van der Waals surface area contributed by atoms with E-state index in [2.05, 4.69) is 5.43 Å². The van der Waals surface area contributed by atoms with Crippen LogP contribution < -0.4 is 15.2 Å². The second-order valence-corrected chi connectivity index (χ2v) is 9.78. The molecule has 0 bridgehead atoms. The summed E-state index contributed by atoms with van der Waals surface area (Å²) < 4.78 is 69.5. The van der Waals surface area contributed by atoms with E-state index in [4.69, 9.17) is 16.3 Å². The summed E-state index contributed by atoms with van der Waals surface area (Å²) in [6.07, 6.45) is -2.30. The van der Waals surface area contributed by atoms with Gasteiger partial charge in [0.2, 0.25) is 0 Å². The number of para-hydroxylation sites is 1. The van der Waals surface area contributed by atoms with Gasteiger partial charge < -0.3 is 4.74 Å². The Kier molecular flexibility index (Phi) is 6.13. The van der Waals surface area contributed by atoms with E-state index in [9.17, 15) is 21.6 Å². The van der Waals surface area contributed by atoms with Crippen LogP contribution in [0.3, 0.4) is 0 Å². The molecule has 1 unspecified atom stereocenters. The van der Waals surface area contributed by atoms with E-state index in [1.165, 1.54) is 17.1 Å². The monoisotopic (exact) mass is 494 g/mol. The fourth-order valence-electron chi connectivity index (χ4n) is 3.30. The van der Waals surface area contributed by atoms with Gasteiger partial charge in [-0.15, -0.1) is 0 Å². The van der Waals surface area contributed by atoms with Gasteiger partial charge in [0.1, 0.15) is 17.5 Å². The smallest absolute Gasteiger partial charge is 0.409 e. The SMILES string of the molecule is CS(=O)(=O)c1cccc(Oc2ccc(C3=CC(C(F)(F)F)NN3c3ccccc3Cl)cc2)c1. The molecule has 0 aliphatic carbocycles. The van der Waals surface area contributed by atoms with Gasteiger partial charge in [0.15, 0.2) is 9.84 Å².